The normalized spacial score (nSPS) is 9.88. The van der Waals surface area contributed by atoms with Crippen LogP contribution in [-0.4, -0.2) is 29.9 Å². The lowest BCUT2D eigenvalue weighted by molar-refractivity contribution is -0.136. The molecule has 0 aliphatic heterocycles. The van der Waals surface area contributed by atoms with Crippen molar-refractivity contribution in [3.05, 3.63) is 17.7 Å². The van der Waals surface area contributed by atoms with Crippen LogP contribution in [0.1, 0.15) is 12.5 Å². The number of rotatable bonds is 5. The molecule has 0 radical (unpaired) electrons. The second kappa shape index (κ2) is 5.25. The van der Waals surface area contributed by atoms with E-state index in [0.717, 1.165) is 0 Å². The second-order valence-corrected chi connectivity index (χ2v) is 3.15. The molecule has 0 aromatic heterocycles. The Kier molecular flexibility index (Phi) is 3.99. The topological polar surface area (TPSA) is 76.0 Å². The summed E-state index contributed by atoms with van der Waals surface area (Å²) in [5.41, 5.74) is 0.467. The fourth-order valence-corrected chi connectivity index (χ4v) is 1.39. The first-order chi connectivity index (χ1) is 7.58. The van der Waals surface area contributed by atoms with Crippen molar-refractivity contribution in [2.75, 3.05) is 13.7 Å². The molecule has 0 saturated carbocycles. The van der Waals surface area contributed by atoms with Gasteiger partial charge >= 0.3 is 5.97 Å². The van der Waals surface area contributed by atoms with Gasteiger partial charge in [0, 0.05) is 0 Å². The van der Waals surface area contributed by atoms with Crippen LogP contribution >= 0.6 is 0 Å². The number of phenols is 1. The van der Waals surface area contributed by atoms with Crippen LogP contribution in [0.15, 0.2) is 12.1 Å². The fourth-order valence-electron chi connectivity index (χ4n) is 1.39. The van der Waals surface area contributed by atoms with Crippen molar-refractivity contribution in [3.8, 4) is 17.2 Å². The summed E-state index contributed by atoms with van der Waals surface area (Å²) >= 11 is 0. The molecule has 1 aromatic rings. The second-order valence-electron chi connectivity index (χ2n) is 3.15. The summed E-state index contributed by atoms with van der Waals surface area (Å²) in [6.07, 6.45) is -0.169. The maximum Gasteiger partial charge on any atom is 0.307 e. The first-order valence-corrected chi connectivity index (χ1v) is 4.83. The third-order valence-electron chi connectivity index (χ3n) is 1.95. The number of carboxylic acids is 1. The highest BCUT2D eigenvalue weighted by Gasteiger charge is 2.13. The number of aliphatic carboxylic acids is 1. The van der Waals surface area contributed by atoms with E-state index in [9.17, 15) is 9.90 Å². The Morgan fingerprint density at radius 2 is 2.12 bits per heavy atom. The van der Waals surface area contributed by atoms with Crippen LogP contribution in [0.4, 0.5) is 0 Å². The maximum absolute atomic E-state index is 10.5. The van der Waals surface area contributed by atoms with Gasteiger partial charge in [-0.15, -0.1) is 0 Å². The minimum atomic E-state index is -0.966. The lowest BCUT2D eigenvalue weighted by atomic mass is 10.1. The van der Waals surface area contributed by atoms with Gasteiger partial charge in [0.25, 0.3) is 0 Å². The zero-order valence-corrected chi connectivity index (χ0v) is 9.19. The Morgan fingerprint density at radius 3 is 2.62 bits per heavy atom. The predicted octanol–water partition coefficient (Wildman–Crippen LogP) is 1.43. The van der Waals surface area contributed by atoms with E-state index in [0.29, 0.717) is 17.9 Å². The van der Waals surface area contributed by atoms with Crippen LogP contribution in [0.5, 0.6) is 17.2 Å². The van der Waals surface area contributed by atoms with E-state index in [1.54, 1.807) is 13.0 Å². The molecule has 2 N–H and O–H groups in total. The maximum atomic E-state index is 10.5. The summed E-state index contributed by atoms with van der Waals surface area (Å²) in [4.78, 5) is 10.5. The highest BCUT2D eigenvalue weighted by atomic mass is 16.5. The third kappa shape index (κ3) is 2.79. The number of ether oxygens (including phenoxy) is 2. The van der Waals surface area contributed by atoms with Gasteiger partial charge in [0.05, 0.1) is 20.1 Å². The largest absolute Gasteiger partial charge is 0.504 e. The van der Waals surface area contributed by atoms with Crippen LogP contribution in [-0.2, 0) is 11.2 Å². The molecule has 0 spiro atoms. The van der Waals surface area contributed by atoms with Gasteiger partial charge in [-0.1, -0.05) is 0 Å². The van der Waals surface area contributed by atoms with Crippen LogP contribution in [0.3, 0.4) is 0 Å². The van der Waals surface area contributed by atoms with E-state index < -0.39 is 5.97 Å². The Morgan fingerprint density at radius 1 is 1.44 bits per heavy atom. The molecule has 5 heteroatoms. The molecule has 0 heterocycles. The van der Waals surface area contributed by atoms with Crippen molar-refractivity contribution in [2.24, 2.45) is 0 Å². The molecule has 0 saturated heterocycles. The number of benzene rings is 1. The average Bonchev–Trinajstić information content (AvgIpc) is 2.16. The van der Waals surface area contributed by atoms with E-state index in [1.165, 1.54) is 13.2 Å². The van der Waals surface area contributed by atoms with Crippen molar-refractivity contribution < 1.29 is 24.5 Å². The van der Waals surface area contributed by atoms with Crippen molar-refractivity contribution in [1.82, 2.24) is 0 Å². The molecule has 0 aliphatic rings. The number of hydrogen-bond acceptors (Lipinski definition) is 4. The van der Waals surface area contributed by atoms with E-state index in [-0.39, 0.29) is 17.9 Å². The molecule has 5 nitrogen and oxygen atoms in total. The monoisotopic (exact) mass is 226 g/mol. The number of phenolic OH excluding ortho intramolecular Hbond substituents is 1. The minimum Gasteiger partial charge on any atom is -0.504 e. The highest BCUT2D eigenvalue weighted by molar-refractivity contribution is 5.71. The molecule has 0 fully saturated rings. The summed E-state index contributed by atoms with van der Waals surface area (Å²) in [6.45, 7) is 2.20. The van der Waals surface area contributed by atoms with Gasteiger partial charge in [0.1, 0.15) is 0 Å². The van der Waals surface area contributed by atoms with Gasteiger partial charge in [-0.25, -0.2) is 0 Å². The molecule has 1 rings (SSSR count). The van der Waals surface area contributed by atoms with Crippen molar-refractivity contribution in [3.63, 3.8) is 0 Å². The molecule has 0 bridgehead atoms. The molecule has 0 amide bonds. The average molecular weight is 226 g/mol. The summed E-state index contributed by atoms with van der Waals surface area (Å²) in [6, 6.07) is 2.91. The standard InChI is InChI=1S/C11H14O5/c1-3-16-9-5-7(6-10(13)14)4-8(12)11(9)15-2/h4-5,12H,3,6H2,1-2H3,(H,13,14). The van der Waals surface area contributed by atoms with E-state index in [4.69, 9.17) is 14.6 Å². The third-order valence-corrected chi connectivity index (χ3v) is 1.95. The van der Waals surface area contributed by atoms with Crippen LogP contribution < -0.4 is 9.47 Å². The fraction of sp³-hybridized carbons (Fsp3) is 0.364. The Bertz CT molecular complexity index is 386. The zero-order valence-electron chi connectivity index (χ0n) is 9.19. The molecule has 16 heavy (non-hydrogen) atoms. The Hall–Kier alpha value is -1.91. The van der Waals surface area contributed by atoms with E-state index >= 15 is 0 Å². The smallest absolute Gasteiger partial charge is 0.307 e. The van der Waals surface area contributed by atoms with Gasteiger partial charge in [-0.05, 0) is 24.6 Å². The number of carbonyl (C=O) groups is 1. The predicted molar refractivity (Wildman–Crippen MR) is 57.2 cm³/mol. The highest BCUT2D eigenvalue weighted by Crippen LogP contribution is 2.37. The number of carboxylic acid groups (broad SMARTS) is 1. The van der Waals surface area contributed by atoms with Gasteiger partial charge in [0.2, 0.25) is 5.75 Å². The SMILES string of the molecule is CCOc1cc(CC(=O)O)cc(O)c1OC. The van der Waals surface area contributed by atoms with Gasteiger partial charge in [-0.3, -0.25) is 4.79 Å². The Labute approximate surface area is 93.2 Å². The summed E-state index contributed by atoms with van der Waals surface area (Å²) in [7, 11) is 1.41. The van der Waals surface area contributed by atoms with Crippen molar-refractivity contribution >= 4 is 5.97 Å². The van der Waals surface area contributed by atoms with Gasteiger partial charge < -0.3 is 19.7 Å². The van der Waals surface area contributed by atoms with Crippen LogP contribution in [0.2, 0.25) is 0 Å². The van der Waals surface area contributed by atoms with Crippen molar-refractivity contribution in [2.45, 2.75) is 13.3 Å². The molecular weight excluding hydrogens is 212 g/mol. The van der Waals surface area contributed by atoms with E-state index in [1.807, 2.05) is 0 Å². The summed E-state index contributed by atoms with van der Waals surface area (Å²) < 4.78 is 10.2. The molecule has 0 aliphatic carbocycles. The lowest BCUT2D eigenvalue weighted by Gasteiger charge is -2.12. The van der Waals surface area contributed by atoms with Gasteiger partial charge in [0.15, 0.2) is 11.5 Å². The molecule has 88 valence electrons. The lowest BCUT2D eigenvalue weighted by Crippen LogP contribution is -2.02. The number of methoxy groups -OCH3 is 1. The number of hydrogen-bond donors (Lipinski definition) is 2. The quantitative estimate of drug-likeness (QED) is 0.794. The van der Waals surface area contributed by atoms with E-state index in [2.05, 4.69) is 0 Å². The minimum absolute atomic E-state index is 0.121. The first-order valence-electron chi connectivity index (χ1n) is 4.83. The van der Waals surface area contributed by atoms with Crippen molar-refractivity contribution in [1.29, 1.82) is 0 Å². The van der Waals surface area contributed by atoms with Crippen LogP contribution in [0.25, 0.3) is 0 Å². The molecule has 1 aromatic carbocycles. The van der Waals surface area contributed by atoms with Crippen LogP contribution in [0, 0.1) is 0 Å². The molecule has 0 unspecified atom stereocenters. The summed E-state index contributed by atoms with van der Waals surface area (Å²) in [5, 5.41) is 18.3. The summed E-state index contributed by atoms with van der Waals surface area (Å²) in [5.74, 6) is -0.519. The molecular formula is C11H14O5. The number of aromatic hydroxyl groups is 1. The van der Waals surface area contributed by atoms with Gasteiger partial charge in [-0.2, -0.15) is 0 Å². The Balaban J connectivity index is 3.11. The molecule has 0 atom stereocenters. The zero-order chi connectivity index (χ0) is 12.1. The first kappa shape index (κ1) is 12.2.